The fourth-order valence-electron chi connectivity index (χ4n) is 2.26. The summed E-state index contributed by atoms with van der Waals surface area (Å²) in [5.74, 6) is -0.876. The summed E-state index contributed by atoms with van der Waals surface area (Å²) in [4.78, 5) is 2.26. The van der Waals surface area contributed by atoms with E-state index in [1.807, 2.05) is 0 Å². The van der Waals surface area contributed by atoms with Gasteiger partial charge in [-0.05, 0) is 44.5 Å². The average Bonchev–Trinajstić information content (AvgIpc) is 2.44. The van der Waals surface area contributed by atoms with E-state index in [0.717, 1.165) is 37.9 Å². The largest absolute Gasteiger partial charge is 0.323 e. The predicted octanol–water partition coefficient (Wildman–Crippen LogP) is 3.87. The van der Waals surface area contributed by atoms with Crippen molar-refractivity contribution in [3.05, 3.63) is 35.4 Å². The highest BCUT2D eigenvalue weighted by Gasteiger charge is 2.19. The van der Waals surface area contributed by atoms with Crippen molar-refractivity contribution in [3.8, 4) is 0 Å². The molecule has 0 aliphatic rings. The van der Waals surface area contributed by atoms with Gasteiger partial charge in [-0.2, -0.15) is 0 Å². The second-order valence-corrected chi connectivity index (χ2v) is 5.38. The minimum atomic E-state index is -0.503. The normalized spacial score (nSPS) is 14.6. The Kier molecular flexibility index (Phi) is 7.10. The highest BCUT2D eigenvalue weighted by molar-refractivity contribution is 5.22. The van der Waals surface area contributed by atoms with Crippen LogP contribution in [-0.4, -0.2) is 24.0 Å². The molecule has 114 valence electrons. The highest BCUT2D eigenvalue weighted by Crippen LogP contribution is 2.19. The summed E-state index contributed by atoms with van der Waals surface area (Å²) in [6.07, 6.45) is 3.21. The summed E-state index contributed by atoms with van der Waals surface area (Å²) in [5.41, 5.74) is 6.34. The van der Waals surface area contributed by atoms with Crippen molar-refractivity contribution in [1.29, 1.82) is 0 Å². The van der Waals surface area contributed by atoms with Crippen molar-refractivity contribution in [2.45, 2.75) is 52.1 Å². The number of rotatable bonds is 8. The molecule has 2 unspecified atom stereocenters. The fraction of sp³-hybridized carbons (Fsp3) is 0.625. The molecule has 0 radical (unpaired) electrons. The summed E-state index contributed by atoms with van der Waals surface area (Å²) >= 11 is 0. The van der Waals surface area contributed by atoms with E-state index < -0.39 is 17.7 Å². The first-order valence-electron chi connectivity index (χ1n) is 7.44. The third-order valence-corrected chi connectivity index (χ3v) is 3.80. The van der Waals surface area contributed by atoms with Gasteiger partial charge in [-0.15, -0.1) is 0 Å². The van der Waals surface area contributed by atoms with E-state index >= 15 is 0 Å². The molecule has 2 N–H and O–H groups in total. The van der Waals surface area contributed by atoms with E-state index in [0.29, 0.717) is 12.6 Å². The Bertz CT molecular complexity index is 409. The van der Waals surface area contributed by atoms with Gasteiger partial charge in [0, 0.05) is 24.2 Å². The van der Waals surface area contributed by atoms with Gasteiger partial charge >= 0.3 is 0 Å². The van der Waals surface area contributed by atoms with E-state index in [1.54, 1.807) is 0 Å². The first kappa shape index (κ1) is 17.1. The van der Waals surface area contributed by atoms with Crippen LogP contribution in [0.2, 0.25) is 0 Å². The zero-order valence-corrected chi connectivity index (χ0v) is 12.7. The Labute approximate surface area is 121 Å². The third kappa shape index (κ3) is 4.84. The SMILES string of the molecule is CCCCN(CC(N)c1cc(F)ccc1F)C(C)CC. The molecule has 0 saturated carbocycles. The fourth-order valence-corrected chi connectivity index (χ4v) is 2.26. The van der Waals surface area contributed by atoms with Gasteiger partial charge in [0.05, 0.1) is 0 Å². The zero-order chi connectivity index (χ0) is 15.1. The van der Waals surface area contributed by atoms with Gasteiger partial charge in [-0.3, -0.25) is 4.90 Å². The van der Waals surface area contributed by atoms with Crippen molar-refractivity contribution in [2.24, 2.45) is 5.73 Å². The third-order valence-electron chi connectivity index (χ3n) is 3.80. The van der Waals surface area contributed by atoms with Crippen LogP contribution in [-0.2, 0) is 0 Å². The highest BCUT2D eigenvalue weighted by atomic mass is 19.1. The molecule has 0 aliphatic heterocycles. The topological polar surface area (TPSA) is 29.3 Å². The number of halogens is 2. The maximum absolute atomic E-state index is 13.7. The molecule has 2 nitrogen and oxygen atoms in total. The minimum Gasteiger partial charge on any atom is -0.323 e. The van der Waals surface area contributed by atoms with E-state index in [4.69, 9.17) is 5.73 Å². The summed E-state index contributed by atoms with van der Waals surface area (Å²) in [5, 5.41) is 0. The van der Waals surface area contributed by atoms with Crippen LogP contribution in [0.5, 0.6) is 0 Å². The van der Waals surface area contributed by atoms with Crippen molar-refractivity contribution in [3.63, 3.8) is 0 Å². The smallest absolute Gasteiger partial charge is 0.128 e. The molecule has 0 fully saturated rings. The number of nitrogens with two attached hydrogens (primary N) is 1. The molecule has 0 amide bonds. The molecule has 20 heavy (non-hydrogen) atoms. The summed E-state index contributed by atoms with van der Waals surface area (Å²) < 4.78 is 27.0. The van der Waals surface area contributed by atoms with Crippen LogP contribution in [0.3, 0.4) is 0 Å². The number of nitrogens with zero attached hydrogens (tertiary/aromatic N) is 1. The first-order chi connectivity index (χ1) is 9.49. The molecule has 0 aromatic heterocycles. The van der Waals surface area contributed by atoms with E-state index in [-0.39, 0.29) is 5.56 Å². The zero-order valence-electron chi connectivity index (χ0n) is 12.7. The predicted molar refractivity (Wildman–Crippen MR) is 79.5 cm³/mol. The van der Waals surface area contributed by atoms with Gasteiger partial charge < -0.3 is 5.73 Å². The first-order valence-corrected chi connectivity index (χ1v) is 7.44. The Morgan fingerprint density at radius 1 is 1.25 bits per heavy atom. The second-order valence-electron chi connectivity index (χ2n) is 5.38. The second kappa shape index (κ2) is 8.32. The van der Waals surface area contributed by atoms with E-state index in [1.165, 1.54) is 6.07 Å². The van der Waals surface area contributed by atoms with Crippen molar-refractivity contribution in [2.75, 3.05) is 13.1 Å². The molecule has 0 saturated heterocycles. The molecule has 1 aromatic rings. The van der Waals surface area contributed by atoms with Gasteiger partial charge in [0.2, 0.25) is 0 Å². The summed E-state index contributed by atoms with van der Waals surface area (Å²) in [7, 11) is 0. The molecular weight excluding hydrogens is 258 g/mol. The average molecular weight is 284 g/mol. The Hall–Kier alpha value is -1.00. The molecule has 0 spiro atoms. The van der Waals surface area contributed by atoms with Crippen LogP contribution in [0.25, 0.3) is 0 Å². The standard InChI is InChI=1S/C16H26F2N2/c1-4-6-9-20(12(3)5-2)11-16(19)14-10-13(17)7-8-15(14)18/h7-8,10,12,16H,4-6,9,11,19H2,1-3H3. The lowest BCUT2D eigenvalue weighted by atomic mass is 10.0. The lowest BCUT2D eigenvalue weighted by Gasteiger charge is -2.31. The lowest BCUT2D eigenvalue weighted by molar-refractivity contribution is 0.188. The maximum atomic E-state index is 13.7. The van der Waals surface area contributed by atoms with Gasteiger partial charge in [-0.1, -0.05) is 20.3 Å². The number of benzene rings is 1. The van der Waals surface area contributed by atoms with Gasteiger partial charge in [-0.25, -0.2) is 8.78 Å². The van der Waals surface area contributed by atoms with Crippen LogP contribution < -0.4 is 5.73 Å². The Morgan fingerprint density at radius 3 is 2.55 bits per heavy atom. The molecule has 0 heterocycles. The van der Waals surface area contributed by atoms with Gasteiger partial charge in [0.15, 0.2) is 0 Å². The number of unbranched alkanes of at least 4 members (excludes halogenated alkanes) is 1. The van der Waals surface area contributed by atoms with Gasteiger partial charge in [0.1, 0.15) is 11.6 Å². The van der Waals surface area contributed by atoms with Crippen LogP contribution in [0.4, 0.5) is 8.78 Å². The molecule has 0 bridgehead atoms. The molecule has 1 rings (SSSR count). The minimum absolute atomic E-state index is 0.259. The maximum Gasteiger partial charge on any atom is 0.128 e. The Balaban J connectivity index is 2.78. The quantitative estimate of drug-likeness (QED) is 0.785. The van der Waals surface area contributed by atoms with Crippen molar-refractivity contribution < 1.29 is 8.78 Å². The molecule has 1 aromatic carbocycles. The monoisotopic (exact) mass is 284 g/mol. The van der Waals surface area contributed by atoms with Crippen molar-refractivity contribution >= 4 is 0 Å². The molecular formula is C16H26F2N2. The molecule has 0 aliphatic carbocycles. The van der Waals surface area contributed by atoms with E-state index in [2.05, 4.69) is 25.7 Å². The van der Waals surface area contributed by atoms with Crippen LogP contribution in [0.1, 0.15) is 51.6 Å². The number of hydrogen-bond donors (Lipinski definition) is 1. The molecule has 4 heteroatoms. The van der Waals surface area contributed by atoms with Crippen molar-refractivity contribution in [1.82, 2.24) is 4.90 Å². The molecule has 2 atom stereocenters. The van der Waals surface area contributed by atoms with Crippen LogP contribution >= 0.6 is 0 Å². The summed E-state index contributed by atoms with van der Waals surface area (Å²) in [6.45, 7) is 7.90. The lowest BCUT2D eigenvalue weighted by Crippen LogP contribution is -2.39. The summed E-state index contributed by atoms with van der Waals surface area (Å²) in [6, 6.07) is 3.36. The van der Waals surface area contributed by atoms with E-state index in [9.17, 15) is 8.78 Å². The van der Waals surface area contributed by atoms with Crippen LogP contribution in [0.15, 0.2) is 18.2 Å². The van der Waals surface area contributed by atoms with Crippen LogP contribution in [0, 0.1) is 11.6 Å². The number of hydrogen-bond acceptors (Lipinski definition) is 2. The Morgan fingerprint density at radius 2 is 1.95 bits per heavy atom. The van der Waals surface area contributed by atoms with Gasteiger partial charge in [0.25, 0.3) is 0 Å².